The van der Waals surface area contributed by atoms with Crippen LogP contribution in [-0.4, -0.2) is 4.57 Å². The van der Waals surface area contributed by atoms with Crippen LogP contribution in [0.1, 0.15) is 34.7 Å². The number of rotatable bonds is 9. The van der Waals surface area contributed by atoms with Gasteiger partial charge in [0.2, 0.25) is 0 Å². The molecule has 10 aromatic carbocycles. The summed E-state index contributed by atoms with van der Waals surface area (Å²) in [5, 5.41) is 7.29. The number of hydrogen-bond acceptors (Lipinski definition) is 1. The van der Waals surface area contributed by atoms with Gasteiger partial charge in [0, 0.05) is 38.6 Å². The summed E-state index contributed by atoms with van der Waals surface area (Å²) in [5.41, 5.74) is 15.9. The van der Waals surface area contributed by atoms with Gasteiger partial charge in [0.15, 0.2) is 0 Å². The minimum absolute atomic E-state index is 0.512. The van der Waals surface area contributed by atoms with Gasteiger partial charge < -0.3 is 9.47 Å². The standard InChI is InChI=1S/C64H46N2/c1-3-45(34-33-44(2)65-62-31-17-15-29-57(62)58-41-37-48-20-11-13-27-54(48)63(58)65)46-35-38-51(39-36-46)66(61-32-18-21-47-19-10-12-26-53(47)61)52-40-42-56-55-28-14-16-30-59(55)64(60(56)43-52,49-22-6-4-7-23-49)50-24-8-5-9-25-50/h3-43H,2H2,1H3/b34-33-,45-3+. The first-order valence-electron chi connectivity index (χ1n) is 22.8. The summed E-state index contributed by atoms with van der Waals surface area (Å²) >= 11 is 0. The molecule has 0 saturated heterocycles. The summed E-state index contributed by atoms with van der Waals surface area (Å²) in [6, 6.07) is 84.3. The fourth-order valence-electron chi connectivity index (χ4n) is 10.9. The first-order valence-corrected chi connectivity index (χ1v) is 22.8. The van der Waals surface area contributed by atoms with E-state index in [1.54, 1.807) is 0 Å². The summed E-state index contributed by atoms with van der Waals surface area (Å²) in [6.07, 6.45) is 6.55. The van der Waals surface area contributed by atoms with Crippen molar-refractivity contribution in [2.24, 2.45) is 0 Å². The number of nitrogens with zero attached hydrogens (tertiary/aromatic N) is 2. The molecule has 66 heavy (non-hydrogen) atoms. The number of benzene rings is 10. The Morgan fingerprint density at radius 3 is 1.80 bits per heavy atom. The highest BCUT2D eigenvalue weighted by atomic mass is 15.1. The molecule has 2 nitrogen and oxygen atoms in total. The van der Waals surface area contributed by atoms with Gasteiger partial charge in [-0.15, -0.1) is 0 Å². The Balaban J connectivity index is 0.976. The molecule has 1 aromatic heterocycles. The third-order valence-electron chi connectivity index (χ3n) is 13.8. The first kappa shape index (κ1) is 39.2. The van der Waals surface area contributed by atoms with Crippen molar-refractivity contribution in [3.05, 3.63) is 283 Å². The van der Waals surface area contributed by atoms with Crippen LogP contribution in [0.25, 0.3) is 65.7 Å². The Kier molecular flexibility index (Phi) is 9.47. The lowest BCUT2D eigenvalue weighted by atomic mass is 9.67. The summed E-state index contributed by atoms with van der Waals surface area (Å²) in [7, 11) is 0. The van der Waals surface area contributed by atoms with Crippen molar-refractivity contribution >= 4 is 71.7 Å². The minimum atomic E-state index is -0.512. The molecule has 0 radical (unpaired) electrons. The second kappa shape index (κ2) is 16.0. The third kappa shape index (κ3) is 6.10. The first-order chi connectivity index (χ1) is 32.6. The molecule has 0 atom stereocenters. The van der Waals surface area contributed by atoms with Crippen LogP contribution in [0.5, 0.6) is 0 Å². The lowest BCUT2D eigenvalue weighted by molar-refractivity contribution is 0.768. The average Bonchev–Trinajstić information content (AvgIpc) is 3.89. The van der Waals surface area contributed by atoms with E-state index in [-0.39, 0.29) is 0 Å². The lowest BCUT2D eigenvalue weighted by Gasteiger charge is -2.35. The van der Waals surface area contributed by atoms with Gasteiger partial charge in [-0.3, -0.25) is 0 Å². The van der Waals surface area contributed by atoms with Gasteiger partial charge in [-0.25, -0.2) is 0 Å². The normalized spacial score (nSPS) is 13.1. The van der Waals surface area contributed by atoms with E-state index in [2.05, 4.69) is 272 Å². The van der Waals surface area contributed by atoms with E-state index in [1.165, 1.54) is 71.2 Å². The highest BCUT2D eigenvalue weighted by molar-refractivity contribution is 6.19. The summed E-state index contributed by atoms with van der Waals surface area (Å²) in [4.78, 5) is 2.44. The van der Waals surface area contributed by atoms with E-state index in [0.717, 1.165) is 39.4 Å². The van der Waals surface area contributed by atoms with Gasteiger partial charge in [0.25, 0.3) is 0 Å². The number of fused-ring (bicyclic) bond motifs is 9. The summed E-state index contributed by atoms with van der Waals surface area (Å²) < 4.78 is 2.32. The van der Waals surface area contributed by atoms with Crippen molar-refractivity contribution in [2.45, 2.75) is 12.3 Å². The Morgan fingerprint density at radius 2 is 1.06 bits per heavy atom. The second-order valence-electron chi connectivity index (χ2n) is 17.2. The molecule has 2 heteroatoms. The zero-order valence-corrected chi connectivity index (χ0v) is 36.8. The predicted molar refractivity (Wildman–Crippen MR) is 281 cm³/mol. The maximum atomic E-state index is 4.66. The van der Waals surface area contributed by atoms with Crippen LogP contribution in [0.4, 0.5) is 17.1 Å². The molecule has 0 spiro atoms. The van der Waals surface area contributed by atoms with Crippen LogP contribution >= 0.6 is 0 Å². The number of anilines is 3. The van der Waals surface area contributed by atoms with Crippen LogP contribution < -0.4 is 4.90 Å². The van der Waals surface area contributed by atoms with Gasteiger partial charge in [0.1, 0.15) is 0 Å². The fraction of sp³-hybridized carbons (Fsp3) is 0.0312. The molecule has 312 valence electrons. The molecule has 1 heterocycles. The highest BCUT2D eigenvalue weighted by Crippen LogP contribution is 2.57. The molecular weight excluding hydrogens is 797 g/mol. The van der Waals surface area contributed by atoms with Crippen molar-refractivity contribution in [2.75, 3.05) is 4.90 Å². The molecule has 0 N–H and O–H groups in total. The van der Waals surface area contributed by atoms with Gasteiger partial charge in [-0.05, 0) is 105 Å². The number of aromatic nitrogens is 1. The molecule has 0 aliphatic heterocycles. The Morgan fingerprint density at radius 1 is 0.470 bits per heavy atom. The molecule has 0 fully saturated rings. The lowest BCUT2D eigenvalue weighted by Crippen LogP contribution is -2.28. The van der Waals surface area contributed by atoms with Crippen molar-refractivity contribution in [1.82, 2.24) is 4.57 Å². The van der Waals surface area contributed by atoms with Crippen LogP contribution in [-0.2, 0) is 5.41 Å². The maximum absolute atomic E-state index is 4.66. The number of allylic oxidation sites excluding steroid dienone is 5. The Hall–Kier alpha value is -8.46. The zero-order valence-electron chi connectivity index (χ0n) is 36.8. The van der Waals surface area contributed by atoms with Gasteiger partial charge in [-0.2, -0.15) is 0 Å². The van der Waals surface area contributed by atoms with Crippen LogP contribution in [0.3, 0.4) is 0 Å². The van der Waals surface area contributed by atoms with Crippen LogP contribution in [0.15, 0.2) is 255 Å². The van der Waals surface area contributed by atoms with Crippen molar-refractivity contribution in [3.63, 3.8) is 0 Å². The molecule has 0 saturated carbocycles. The fourth-order valence-corrected chi connectivity index (χ4v) is 10.9. The molecule has 0 unspecified atom stereocenters. The molecular formula is C64H46N2. The molecule has 0 bridgehead atoms. The third-order valence-corrected chi connectivity index (χ3v) is 13.8. The van der Waals surface area contributed by atoms with E-state index in [0.29, 0.717) is 0 Å². The summed E-state index contributed by atoms with van der Waals surface area (Å²) in [5.74, 6) is 0. The molecule has 1 aliphatic rings. The number of para-hydroxylation sites is 1. The zero-order chi connectivity index (χ0) is 44.2. The van der Waals surface area contributed by atoms with Crippen molar-refractivity contribution < 1.29 is 0 Å². The molecule has 11 aromatic rings. The maximum Gasteiger partial charge on any atom is 0.0714 e. The van der Waals surface area contributed by atoms with E-state index in [1.807, 2.05) is 0 Å². The quantitative estimate of drug-likeness (QED) is 0.131. The second-order valence-corrected chi connectivity index (χ2v) is 17.2. The highest BCUT2D eigenvalue weighted by Gasteiger charge is 2.46. The molecule has 0 amide bonds. The summed E-state index contributed by atoms with van der Waals surface area (Å²) in [6.45, 7) is 6.77. The van der Waals surface area contributed by atoms with Gasteiger partial charge in [-0.1, -0.05) is 213 Å². The smallest absolute Gasteiger partial charge is 0.0714 e. The average molecular weight is 843 g/mol. The van der Waals surface area contributed by atoms with Crippen molar-refractivity contribution in [3.8, 4) is 11.1 Å². The molecule has 12 rings (SSSR count). The van der Waals surface area contributed by atoms with Crippen LogP contribution in [0, 0.1) is 0 Å². The SMILES string of the molecule is C=C(/C=C\C(=C/C)c1ccc(N(c2ccc3c(c2)C(c2ccccc2)(c2ccccc2)c2ccccc2-3)c2cccc3ccccc23)cc1)n1c2ccccc2c2ccc3ccccc3c21. The Bertz CT molecular complexity index is 3670. The monoisotopic (exact) mass is 842 g/mol. The number of hydrogen-bond donors (Lipinski definition) is 0. The van der Waals surface area contributed by atoms with Gasteiger partial charge in [0.05, 0.1) is 22.1 Å². The van der Waals surface area contributed by atoms with E-state index >= 15 is 0 Å². The Labute approximate surface area is 386 Å². The largest absolute Gasteiger partial charge is 0.310 e. The topological polar surface area (TPSA) is 8.17 Å². The van der Waals surface area contributed by atoms with Gasteiger partial charge >= 0.3 is 0 Å². The van der Waals surface area contributed by atoms with E-state index in [9.17, 15) is 0 Å². The van der Waals surface area contributed by atoms with Crippen molar-refractivity contribution in [1.29, 1.82) is 0 Å². The molecule has 1 aliphatic carbocycles. The van der Waals surface area contributed by atoms with E-state index < -0.39 is 5.41 Å². The predicted octanol–water partition coefficient (Wildman–Crippen LogP) is 17.1. The minimum Gasteiger partial charge on any atom is -0.310 e. The van der Waals surface area contributed by atoms with Crippen LogP contribution in [0.2, 0.25) is 0 Å². The van der Waals surface area contributed by atoms with E-state index in [4.69, 9.17) is 0 Å².